The Hall–Kier alpha value is -3.19. The number of carbonyl (C=O) groups excluding carboxylic acids is 1. The number of amides is 1. The fraction of sp³-hybridized carbons (Fsp3) is 0.111. The van der Waals surface area contributed by atoms with Gasteiger partial charge >= 0.3 is 0 Å². The Bertz CT molecular complexity index is 1040. The molecule has 8 heteroatoms. The van der Waals surface area contributed by atoms with E-state index in [0.717, 1.165) is 11.0 Å². The van der Waals surface area contributed by atoms with Crippen LogP contribution in [0.1, 0.15) is 29.1 Å². The third-order valence-electron chi connectivity index (χ3n) is 4.02. The minimum atomic E-state index is -0.324. The molecule has 0 spiro atoms. The van der Waals surface area contributed by atoms with E-state index < -0.39 is 0 Å². The fourth-order valence-electron chi connectivity index (χ4n) is 2.72. The third-order valence-corrected chi connectivity index (χ3v) is 4.25. The van der Waals surface area contributed by atoms with Crippen molar-refractivity contribution in [2.75, 3.05) is 0 Å². The number of fused-ring (bicyclic) bond motifs is 1. The first-order valence-corrected chi connectivity index (χ1v) is 8.32. The third kappa shape index (κ3) is 3.04. The van der Waals surface area contributed by atoms with Crippen LogP contribution in [0.5, 0.6) is 0 Å². The van der Waals surface area contributed by atoms with Gasteiger partial charge in [-0.15, -0.1) is 5.10 Å². The van der Waals surface area contributed by atoms with Gasteiger partial charge in [-0.2, -0.15) is 4.68 Å². The van der Waals surface area contributed by atoms with Crippen LogP contribution in [-0.2, 0) is 0 Å². The monoisotopic (exact) mass is 367 g/mol. The Balaban J connectivity index is 1.63. The lowest BCUT2D eigenvalue weighted by molar-refractivity contribution is 0.0935. The SMILES string of the molecule is C[C@@H](NC(=O)c1cc(Cl)ccc1-n1cnnn1)c1cc2ccccc2o1. The van der Waals surface area contributed by atoms with Gasteiger partial charge in [0.05, 0.1) is 17.3 Å². The molecule has 0 aliphatic rings. The molecule has 0 saturated carbocycles. The molecule has 130 valence electrons. The summed E-state index contributed by atoms with van der Waals surface area (Å²) in [5, 5.41) is 15.4. The topological polar surface area (TPSA) is 85.8 Å². The number of hydrogen-bond acceptors (Lipinski definition) is 5. The van der Waals surface area contributed by atoms with E-state index in [1.54, 1.807) is 18.2 Å². The Morgan fingerprint density at radius 1 is 1.23 bits per heavy atom. The van der Waals surface area contributed by atoms with Crippen molar-refractivity contribution in [3.63, 3.8) is 0 Å². The van der Waals surface area contributed by atoms with Gasteiger partial charge in [-0.25, -0.2) is 0 Å². The second-order valence-electron chi connectivity index (χ2n) is 5.80. The molecular weight excluding hydrogens is 354 g/mol. The van der Waals surface area contributed by atoms with E-state index in [2.05, 4.69) is 20.8 Å². The highest BCUT2D eigenvalue weighted by Gasteiger charge is 2.19. The minimum Gasteiger partial charge on any atom is -0.459 e. The predicted molar refractivity (Wildman–Crippen MR) is 96.3 cm³/mol. The second-order valence-corrected chi connectivity index (χ2v) is 6.23. The molecule has 4 rings (SSSR count). The number of furan rings is 1. The molecular formula is C18H14ClN5O2. The summed E-state index contributed by atoms with van der Waals surface area (Å²) in [5.41, 5.74) is 1.68. The highest BCUT2D eigenvalue weighted by atomic mass is 35.5. The average Bonchev–Trinajstić information content (AvgIpc) is 3.31. The Kier molecular flexibility index (Phi) is 4.14. The minimum absolute atomic E-state index is 0.300. The lowest BCUT2D eigenvalue weighted by Crippen LogP contribution is -2.27. The van der Waals surface area contributed by atoms with E-state index in [9.17, 15) is 4.79 Å². The molecule has 26 heavy (non-hydrogen) atoms. The van der Waals surface area contributed by atoms with E-state index >= 15 is 0 Å². The molecule has 0 unspecified atom stereocenters. The van der Waals surface area contributed by atoms with Crippen LogP contribution in [0.4, 0.5) is 0 Å². The highest BCUT2D eigenvalue weighted by Crippen LogP contribution is 2.25. The number of carbonyl (C=O) groups is 1. The molecule has 2 heterocycles. The Morgan fingerprint density at radius 3 is 2.85 bits per heavy atom. The maximum absolute atomic E-state index is 12.8. The summed E-state index contributed by atoms with van der Waals surface area (Å²) in [5.74, 6) is 0.372. The van der Waals surface area contributed by atoms with Gasteiger partial charge in [-0.3, -0.25) is 4.79 Å². The molecule has 0 bridgehead atoms. The van der Waals surface area contributed by atoms with Crippen molar-refractivity contribution < 1.29 is 9.21 Å². The molecule has 7 nitrogen and oxygen atoms in total. The lowest BCUT2D eigenvalue weighted by atomic mass is 10.1. The van der Waals surface area contributed by atoms with Crippen LogP contribution in [0.25, 0.3) is 16.7 Å². The van der Waals surface area contributed by atoms with Gasteiger partial charge in [-0.05, 0) is 47.7 Å². The first-order valence-electron chi connectivity index (χ1n) is 7.94. The van der Waals surface area contributed by atoms with Crippen LogP contribution in [0.2, 0.25) is 5.02 Å². The summed E-state index contributed by atoms with van der Waals surface area (Å²) >= 11 is 6.07. The standard InChI is InChI=1S/C18H14ClN5O2/c1-11(17-8-12-4-2-3-5-16(12)26-17)21-18(25)14-9-13(19)6-7-15(14)24-10-20-22-23-24/h2-11H,1H3,(H,21,25)/t11-/m1/s1. The van der Waals surface area contributed by atoms with Crippen molar-refractivity contribution in [3.05, 3.63) is 71.2 Å². The largest absolute Gasteiger partial charge is 0.459 e. The first kappa shape index (κ1) is 16.3. The Morgan fingerprint density at radius 2 is 2.08 bits per heavy atom. The van der Waals surface area contributed by atoms with Crippen molar-refractivity contribution >= 4 is 28.5 Å². The number of para-hydroxylation sites is 1. The van der Waals surface area contributed by atoms with Crippen molar-refractivity contribution in [2.45, 2.75) is 13.0 Å². The quantitative estimate of drug-likeness (QED) is 0.596. The molecule has 2 aromatic carbocycles. The molecule has 0 radical (unpaired) electrons. The number of nitrogens with one attached hydrogen (secondary N) is 1. The molecule has 1 amide bonds. The summed E-state index contributed by atoms with van der Waals surface area (Å²) in [6.45, 7) is 1.86. The van der Waals surface area contributed by atoms with Crippen molar-refractivity contribution in [3.8, 4) is 5.69 Å². The summed E-state index contributed by atoms with van der Waals surface area (Å²) < 4.78 is 7.23. The number of tetrazole rings is 1. The number of rotatable bonds is 4. The maximum Gasteiger partial charge on any atom is 0.254 e. The number of nitrogens with zero attached hydrogens (tertiary/aromatic N) is 4. The van der Waals surface area contributed by atoms with E-state index in [1.807, 2.05) is 37.3 Å². The van der Waals surface area contributed by atoms with E-state index in [4.69, 9.17) is 16.0 Å². The molecule has 1 atom stereocenters. The summed E-state index contributed by atoms with van der Waals surface area (Å²) in [4.78, 5) is 12.8. The van der Waals surface area contributed by atoms with Crippen LogP contribution in [-0.4, -0.2) is 26.1 Å². The van der Waals surface area contributed by atoms with Crippen LogP contribution < -0.4 is 5.32 Å². The van der Waals surface area contributed by atoms with Crippen LogP contribution in [0, 0.1) is 0 Å². The van der Waals surface area contributed by atoms with Crippen molar-refractivity contribution in [1.29, 1.82) is 0 Å². The van der Waals surface area contributed by atoms with Crippen LogP contribution in [0.15, 0.2) is 59.3 Å². The van der Waals surface area contributed by atoms with Gasteiger partial charge in [0.2, 0.25) is 0 Å². The maximum atomic E-state index is 12.8. The molecule has 0 aliphatic heterocycles. The van der Waals surface area contributed by atoms with E-state index in [0.29, 0.717) is 22.0 Å². The van der Waals surface area contributed by atoms with Gasteiger partial charge < -0.3 is 9.73 Å². The molecule has 0 saturated heterocycles. The summed E-state index contributed by atoms with van der Waals surface area (Å²) in [6.07, 6.45) is 1.42. The first-order chi connectivity index (χ1) is 12.6. The Labute approximate surface area is 153 Å². The van der Waals surface area contributed by atoms with Gasteiger partial charge in [0.1, 0.15) is 17.7 Å². The van der Waals surface area contributed by atoms with E-state index in [-0.39, 0.29) is 11.9 Å². The van der Waals surface area contributed by atoms with Gasteiger partial charge in [-0.1, -0.05) is 29.8 Å². The van der Waals surface area contributed by atoms with Crippen molar-refractivity contribution in [2.24, 2.45) is 0 Å². The average molecular weight is 368 g/mol. The highest BCUT2D eigenvalue weighted by molar-refractivity contribution is 6.31. The zero-order valence-corrected chi connectivity index (χ0v) is 14.5. The zero-order valence-electron chi connectivity index (χ0n) is 13.8. The second kappa shape index (κ2) is 6.61. The fourth-order valence-corrected chi connectivity index (χ4v) is 2.90. The molecule has 1 N–H and O–H groups in total. The number of hydrogen-bond donors (Lipinski definition) is 1. The molecule has 2 aromatic heterocycles. The molecule has 4 aromatic rings. The molecule has 0 fully saturated rings. The number of aromatic nitrogens is 4. The normalized spacial score (nSPS) is 12.2. The smallest absolute Gasteiger partial charge is 0.254 e. The molecule has 0 aliphatic carbocycles. The number of halogens is 1. The van der Waals surface area contributed by atoms with Gasteiger partial charge in [0.25, 0.3) is 5.91 Å². The number of benzene rings is 2. The summed E-state index contributed by atoms with van der Waals surface area (Å²) in [7, 11) is 0. The predicted octanol–water partition coefficient (Wildman–Crippen LogP) is 3.55. The van der Waals surface area contributed by atoms with Crippen LogP contribution >= 0.6 is 11.6 Å². The summed E-state index contributed by atoms with van der Waals surface area (Å²) in [6, 6.07) is 14.2. The zero-order chi connectivity index (χ0) is 18.1. The lowest BCUT2D eigenvalue weighted by Gasteiger charge is -2.14. The van der Waals surface area contributed by atoms with Gasteiger partial charge in [0, 0.05) is 10.4 Å². The van der Waals surface area contributed by atoms with Gasteiger partial charge in [0.15, 0.2) is 0 Å². The van der Waals surface area contributed by atoms with E-state index in [1.165, 1.54) is 11.0 Å². The van der Waals surface area contributed by atoms with Crippen LogP contribution in [0.3, 0.4) is 0 Å². The van der Waals surface area contributed by atoms with Crippen molar-refractivity contribution in [1.82, 2.24) is 25.5 Å².